The molecule has 1 aliphatic rings. The highest BCUT2D eigenvalue weighted by Crippen LogP contribution is 2.34. The first-order valence-corrected chi connectivity index (χ1v) is 9.89. The number of benzene rings is 2. The summed E-state index contributed by atoms with van der Waals surface area (Å²) < 4.78 is 5.67. The number of halogens is 1. The molecule has 2 N–H and O–H groups in total. The van der Waals surface area contributed by atoms with Gasteiger partial charge >= 0.3 is 12.0 Å². The molecule has 7 nitrogen and oxygen atoms in total. The van der Waals surface area contributed by atoms with Gasteiger partial charge in [0.1, 0.15) is 6.04 Å². The summed E-state index contributed by atoms with van der Waals surface area (Å²) in [6.07, 6.45) is 2.38. The fourth-order valence-corrected chi connectivity index (χ4v) is 3.75. The number of anilines is 1. The SMILES string of the molecule is COC(=O)c1ccc(NC(=O)N2CCc3[nH]cnc3[C@@H]2c2ccc(Br)cc2)cc1. The number of nitrogens with one attached hydrogen (secondary N) is 2. The fraction of sp³-hybridized carbons (Fsp3) is 0.190. The van der Waals surface area contributed by atoms with Crippen molar-refractivity contribution < 1.29 is 14.3 Å². The Kier molecular flexibility index (Phi) is 5.35. The van der Waals surface area contributed by atoms with Crippen LogP contribution in [0.1, 0.15) is 33.4 Å². The number of ether oxygens (including phenoxy) is 1. The number of imidazole rings is 1. The molecule has 2 heterocycles. The average molecular weight is 455 g/mol. The predicted octanol–water partition coefficient (Wildman–Crippen LogP) is 4.14. The molecule has 1 aromatic heterocycles. The molecular formula is C21H19BrN4O3. The number of methoxy groups -OCH3 is 1. The number of carbonyl (C=O) groups excluding carboxylic acids is 2. The number of esters is 1. The first-order chi connectivity index (χ1) is 14.1. The van der Waals surface area contributed by atoms with Gasteiger partial charge in [0.05, 0.1) is 24.7 Å². The van der Waals surface area contributed by atoms with E-state index in [9.17, 15) is 9.59 Å². The average Bonchev–Trinajstić information content (AvgIpc) is 3.22. The van der Waals surface area contributed by atoms with Gasteiger partial charge in [0, 0.05) is 28.8 Å². The Hall–Kier alpha value is -3.13. The Morgan fingerprint density at radius 1 is 1.17 bits per heavy atom. The van der Waals surface area contributed by atoms with Crippen molar-refractivity contribution in [3.8, 4) is 0 Å². The van der Waals surface area contributed by atoms with Gasteiger partial charge in [-0.2, -0.15) is 0 Å². The monoisotopic (exact) mass is 454 g/mol. The van der Waals surface area contributed by atoms with Gasteiger partial charge in [0.15, 0.2) is 0 Å². The van der Waals surface area contributed by atoms with E-state index in [2.05, 4.69) is 31.2 Å². The molecule has 1 aliphatic heterocycles. The molecule has 148 valence electrons. The second kappa shape index (κ2) is 8.08. The number of urea groups is 1. The zero-order valence-corrected chi connectivity index (χ0v) is 17.3. The first kappa shape index (κ1) is 19.2. The van der Waals surface area contributed by atoms with E-state index in [0.717, 1.165) is 21.4 Å². The number of nitrogens with zero attached hydrogens (tertiary/aromatic N) is 2. The maximum Gasteiger partial charge on any atom is 0.337 e. The molecule has 29 heavy (non-hydrogen) atoms. The molecule has 0 saturated heterocycles. The van der Waals surface area contributed by atoms with Crippen LogP contribution in [0.5, 0.6) is 0 Å². The maximum atomic E-state index is 13.1. The number of hydrogen-bond donors (Lipinski definition) is 2. The molecule has 2 amide bonds. The highest BCUT2D eigenvalue weighted by Gasteiger charge is 2.34. The number of fused-ring (bicyclic) bond motifs is 1. The van der Waals surface area contributed by atoms with Gasteiger partial charge in [0.2, 0.25) is 0 Å². The summed E-state index contributed by atoms with van der Waals surface area (Å²) in [7, 11) is 1.33. The highest BCUT2D eigenvalue weighted by molar-refractivity contribution is 9.10. The highest BCUT2D eigenvalue weighted by atomic mass is 79.9. The second-order valence-electron chi connectivity index (χ2n) is 6.66. The van der Waals surface area contributed by atoms with Crippen LogP contribution in [-0.4, -0.2) is 40.5 Å². The van der Waals surface area contributed by atoms with Crippen LogP contribution in [0.15, 0.2) is 59.3 Å². The van der Waals surface area contributed by atoms with Crippen molar-refractivity contribution in [2.24, 2.45) is 0 Å². The van der Waals surface area contributed by atoms with E-state index >= 15 is 0 Å². The minimum Gasteiger partial charge on any atom is -0.465 e. The Morgan fingerprint density at radius 2 is 1.90 bits per heavy atom. The molecule has 4 rings (SSSR count). The second-order valence-corrected chi connectivity index (χ2v) is 7.58. The summed E-state index contributed by atoms with van der Waals surface area (Å²) in [5.41, 5.74) is 3.92. The van der Waals surface area contributed by atoms with Crippen LogP contribution in [0.4, 0.5) is 10.5 Å². The standard InChI is InChI=1S/C21H19BrN4O3/c1-29-20(27)14-4-8-16(9-5-14)25-21(28)26-11-10-17-18(24-12-23-17)19(26)13-2-6-15(22)7-3-13/h2-9,12,19H,10-11H2,1H3,(H,23,24)(H,25,28)/t19-/m0/s1. The Balaban J connectivity index is 1.59. The fourth-order valence-electron chi connectivity index (χ4n) is 3.48. The maximum absolute atomic E-state index is 13.1. The van der Waals surface area contributed by atoms with E-state index in [0.29, 0.717) is 24.2 Å². The van der Waals surface area contributed by atoms with Crippen LogP contribution in [-0.2, 0) is 11.2 Å². The van der Waals surface area contributed by atoms with Crippen molar-refractivity contribution in [3.05, 3.63) is 81.8 Å². The van der Waals surface area contributed by atoms with Gasteiger partial charge in [-0.1, -0.05) is 28.1 Å². The van der Waals surface area contributed by atoms with E-state index in [1.807, 2.05) is 24.3 Å². The minimum absolute atomic E-state index is 0.225. The number of aromatic amines is 1. The number of hydrogen-bond acceptors (Lipinski definition) is 4. The lowest BCUT2D eigenvalue weighted by Crippen LogP contribution is -2.43. The van der Waals surface area contributed by atoms with Gasteiger partial charge < -0.3 is 19.9 Å². The van der Waals surface area contributed by atoms with Crippen LogP contribution in [0.2, 0.25) is 0 Å². The van der Waals surface area contributed by atoms with E-state index in [1.54, 1.807) is 35.5 Å². The predicted molar refractivity (Wildman–Crippen MR) is 112 cm³/mol. The molecule has 0 fully saturated rings. The molecule has 0 aliphatic carbocycles. The molecule has 8 heteroatoms. The molecule has 0 saturated carbocycles. The molecular weight excluding hydrogens is 436 g/mol. The lowest BCUT2D eigenvalue weighted by Gasteiger charge is -2.35. The normalized spacial score (nSPS) is 15.5. The third-order valence-corrected chi connectivity index (χ3v) is 5.46. The van der Waals surface area contributed by atoms with Crippen LogP contribution in [0.25, 0.3) is 0 Å². The Labute approximate surface area is 176 Å². The number of H-pyrrole nitrogens is 1. The van der Waals surface area contributed by atoms with Crippen molar-refractivity contribution in [3.63, 3.8) is 0 Å². The summed E-state index contributed by atoms with van der Waals surface area (Å²) in [5.74, 6) is -0.416. The summed E-state index contributed by atoms with van der Waals surface area (Å²) in [6.45, 7) is 0.558. The van der Waals surface area contributed by atoms with Crippen LogP contribution >= 0.6 is 15.9 Å². The quantitative estimate of drug-likeness (QED) is 0.582. The van der Waals surface area contributed by atoms with Gasteiger partial charge in [-0.05, 0) is 42.0 Å². The van der Waals surface area contributed by atoms with Gasteiger partial charge in [0.25, 0.3) is 0 Å². The van der Waals surface area contributed by atoms with Crippen LogP contribution in [0, 0.1) is 0 Å². The molecule has 0 radical (unpaired) electrons. The zero-order chi connectivity index (χ0) is 20.4. The molecule has 0 bridgehead atoms. The molecule has 1 atom stereocenters. The molecule has 2 aromatic carbocycles. The zero-order valence-electron chi connectivity index (χ0n) is 15.7. The van der Waals surface area contributed by atoms with Gasteiger partial charge in [-0.15, -0.1) is 0 Å². The van der Waals surface area contributed by atoms with Gasteiger partial charge in [-0.25, -0.2) is 14.6 Å². The lowest BCUT2D eigenvalue weighted by atomic mass is 9.96. The number of aromatic nitrogens is 2. The van der Waals surface area contributed by atoms with E-state index < -0.39 is 5.97 Å². The van der Waals surface area contributed by atoms with Crippen molar-refractivity contribution in [1.29, 1.82) is 0 Å². The summed E-state index contributed by atoms with van der Waals surface area (Å²) in [6, 6.07) is 14.0. The van der Waals surface area contributed by atoms with Crippen molar-refractivity contribution in [1.82, 2.24) is 14.9 Å². The number of amides is 2. The summed E-state index contributed by atoms with van der Waals surface area (Å²) >= 11 is 3.46. The van der Waals surface area contributed by atoms with Crippen molar-refractivity contribution in [2.45, 2.75) is 12.5 Å². The van der Waals surface area contributed by atoms with Crippen molar-refractivity contribution in [2.75, 3.05) is 19.0 Å². The number of rotatable bonds is 3. The molecule has 0 unspecified atom stereocenters. The molecule has 0 spiro atoms. The summed E-state index contributed by atoms with van der Waals surface area (Å²) in [4.78, 5) is 34.1. The smallest absolute Gasteiger partial charge is 0.337 e. The molecule has 3 aromatic rings. The Morgan fingerprint density at radius 3 is 2.59 bits per heavy atom. The summed E-state index contributed by atoms with van der Waals surface area (Å²) in [5, 5.41) is 2.92. The number of carbonyl (C=O) groups is 2. The third-order valence-electron chi connectivity index (χ3n) is 4.93. The van der Waals surface area contributed by atoms with Gasteiger partial charge in [-0.3, -0.25) is 0 Å². The topological polar surface area (TPSA) is 87.3 Å². The minimum atomic E-state index is -0.416. The third kappa shape index (κ3) is 3.88. The van der Waals surface area contributed by atoms with Crippen LogP contribution < -0.4 is 5.32 Å². The Bertz CT molecular complexity index is 1030. The lowest BCUT2D eigenvalue weighted by molar-refractivity contribution is 0.0600. The largest absolute Gasteiger partial charge is 0.465 e. The van der Waals surface area contributed by atoms with E-state index in [1.165, 1.54) is 7.11 Å². The van der Waals surface area contributed by atoms with Crippen LogP contribution in [0.3, 0.4) is 0 Å². The van der Waals surface area contributed by atoms with E-state index in [4.69, 9.17) is 4.74 Å². The van der Waals surface area contributed by atoms with Crippen molar-refractivity contribution >= 4 is 33.6 Å². The van der Waals surface area contributed by atoms with E-state index in [-0.39, 0.29) is 12.1 Å². The first-order valence-electron chi connectivity index (χ1n) is 9.10.